The topological polar surface area (TPSA) is 12.0 Å². The van der Waals surface area contributed by atoms with Crippen molar-refractivity contribution < 1.29 is 0 Å². The molecular weight excluding hydrogens is 218 g/mol. The van der Waals surface area contributed by atoms with Gasteiger partial charge in [-0.2, -0.15) is 0 Å². The van der Waals surface area contributed by atoms with Gasteiger partial charge < -0.3 is 5.32 Å². The summed E-state index contributed by atoms with van der Waals surface area (Å²) in [6.07, 6.45) is 8.81. The maximum atomic E-state index is 4.14. The van der Waals surface area contributed by atoms with Crippen molar-refractivity contribution in [1.82, 2.24) is 5.32 Å². The van der Waals surface area contributed by atoms with E-state index in [-0.39, 0.29) is 0 Å². The Hall–Kier alpha value is -1.50. The van der Waals surface area contributed by atoms with Crippen LogP contribution >= 0.6 is 0 Å². The third kappa shape index (κ3) is 3.49. The van der Waals surface area contributed by atoms with Gasteiger partial charge in [0, 0.05) is 12.2 Å². The normalized spacial score (nSPS) is 16.2. The SMILES string of the molecule is C=Cc1cccc(C(=C)NCC2CCCCC2)c1. The quantitative estimate of drug-likeness (QED) is 0.802. The second kappa shape index (κ2) is 6.44. The molecule has 18 heavy (non-hydrogen) atoms. The van der Waals surface area contributed by atoms with E-state index in [1.54, 1.807) is 0 Å². The van der Waals surface area contributed by atoms with E-state index in [1.807, 2.05) is 6.08 Å². The summed E-state index contributed by atoms with van der Waals surface area (Å²) in [5, 5.41) is 3.49. The summed E-state index contributed by atoms with van der Waals surface area (Å²) in [6.45, 7) is 9.01. The van der Waals surface area contributed by atoms with Gasteiger partial charge in [-0.25, -0.2) is 0 Å². The smallest absolute Gasteiger partial charge is 0.0341 e. The van der Waals surface area contributed by atoms with E-state index in [2.05, 4.69) is 42.7 Å². The highest BCUT2D eigenvalue weighted by molar-refractivity contribution is 5.64. The van der Waals surface area contributed by atoms with E-state index in [9.17, 15) is 0 Å². The Morgan fingerprint density at radius 3 is 2.78 bits per heavy atom. The van der Waals surface area contributed by atoms with Crippen molar-refractivity contribution in [3.63, 3.8) is 0 Å². The molecule has 0 aliphatic heterocycles. The van der Waals surface area contributed by atoms with Crippen molar-refractivity contribution in [2.24, 2.45) is 5.92 Å². The summed E-state index contributed by atoms with van der Waals surface area (Å²) in [5.74, 6) is 0.832. The Labute approximate surface area is 111 Å². The molecule has 1 aromatic carbocycles. The maximum absolute atomic E-state index is 4.14. The van der Waals surface area contributed by atoms with Crippen molar-refractivity contribution in [2.45, 2.75) is 32.1 Å². The fraction of sp³-hybridized carbons (Fsp3) is 0.412. The van der Waals surface area contributed by atoms with Crippen LogP contribution in [0.1, 0.15) is 43.2 Å². The summed E-state index contributed by atoms with van der Waals surface area (Å²) < 4.78 is 0. The first-order valence-electron chi connectivity index (χ1n) is 6.95. The van der Waals surface area contributed by atoms with E-state index in [1.165, 1.54) is 37.7 Å². The van der Waals surface area contributed by atoms with Crippen LogP contribution in [0.25, 0.3) is 11.8 Å². The summed E-state index contributed by atoms with van der Waals surface area (Å²) in [4.78, 5) is 0. The highest BCUT2D eigenvalue weighted by Crippen LogP contribution is 2.23. The van der Waals surface area contributed by atoms with E-state index < -0.39 is 0 Å². The van der Waals surface area contributed by atoms with E-state index in [4.69, 9.17) is 0 Å². The minimum absolute atomic E-state index is 0.832. The zero-order valence-corrected chi connectivity index (χ0v) is 11.1. The molecule has 0 radical (unpaired) electrons. The molecule has 0 unspecified atom stereocenters. The zero-order chi connectivity index (χ0) is 12.8. The Morgan fingerprint density at radius 1 is 1.28 bits per heavy atom. The number of nitrogens with one attached hydrogen (secondary N) is 1. The lowest BCUT2D eigenvalue weighted by Crippen LogP contribution is -2.23. The van der Waals surface area contributed by atoms with Crippen LogP contribution in [-0.4, -0.2) is 6.54 Å². The highest BCUT2D eigenvalue weighted by Gasteiger charge is 2.13. The summed E-state index contributed by atoms with van der Waals surface area (Å²) in [7, 11) is 0. The van der Waals surface area contributed by atoms with Gasteiger partial charge in [-0.1, -0.05) is 56.7 Å². The zero-order valence-electron chi connectivity index (χ0n) is 11.1. The van der Waals surface area contributed by atoms with Gasteiger partial charge in [0.25, 0.3) is 0 Å². The molecule has 96 valence electrons. The Balaban J connectivity index is 1.88. The molecule has 0 amide bonds. The molecule has 0 saturated heterocycles. The molecule has 0 spiro atoms. The van der Waals surface area contributed by atoms with Crippen molar-refractivity contribution in [3.8, 4) is 0 Å². The second-order valence-corrected chi connectivity index (χ2v) is 5.19. The van der Waals surface area contributed by atoms with Gasteiger partial charge in [0.15, 0.2) is 0 Å². The highest BCUT2D eigenvalue weighted by atomic mass is 14.9. The Kier molecular flexibility index (Phi) is 4.63. The third-order valence-corrected chi connectivity index (χ3v) is 3.80. The van der Waals surface area contributed by atoms with Crippen LogP contribution in [0.15, 0.2) is 37.4 Å². The molecule has 1 heteroatoms. The molecule has 0 bridgehead atoms. The first-order valence-corrected chi connectivity index (χ1v) is 6.95. The van der Waals surface area contributed by atoms with Crippen LogP contribution in [0, 0.1) is 5.92 Å². The molecule has 1 aliphatic carbocycles. The summed E-state index contributed by atoms with van der Waals surface area (Å²) in [5.41, 5.74) is 3.35. The molecule has 1 saturated carbocycles. The molecule has 0 heterocycles. The average molecular weight is 241 g/mol. The van der Waals surface area contributed by atoms with Crippen LogP contribution in [0.5, 0.6) is 0 Å². The maximum Gasteiger partial charge on any atom is 0.0341 e. The summed E-state index contributed by atoms with van der Waals surface area (Å²) in [6, 6.07) is 8.34. The molecule has 0 atom stereocenters. The minimum atomic E-state index is 0.832. The number of hydrogen-bond donors (Lipinski definition) is 1. The average Bonchev–Trinajstić information content (AvgIpc) is 2.46. The first-order chi connectivity index (χ1) is 8.79. The summed E-state index contributed by atoms with van der Waals surface area (Å²) >= 11 is 0. The van der Waals surface area contributed by atoms with Crippen molar-refractivity contribution in [1.29, 1.82) is 0 Å². The van der Waals surface area contributed by atoms with E-state index in [0.29, 0.717) is 0 Å². The Morgan fingerprint density at radius 2 is 2.06 bits per heavy atom. The predicted octanol–water partition coefficient (Wildman–Crippen LogP) is 4.47. The van der Waals surface area contributed by atoms with Crippen LogP contribution in [0.4, 0.5) is 0 Å². The standard InChI is InChI=1S/C17H23N/c1-3-15-10-7-11-17(12-15)14(2)18-13-16-8-5-4-6-9-16/h3,7,10-12,16,18H,1-2,4-6,8-9,13H2. The van der Waals surface area contributed by atoms with Crippen LogP contribution in [0.2, 0.25) is 0 Å². The Bertz CT molecular complexity index is 413. The van der Waals surface area contributed by atoms with Gasteiger partial charge in [0.2, 0.25) is 0 Å². The molecule has 2 rings (SSSR count). The lowest BCUT2D eigenvalue weighted by molar-refractivity contribution is 0.355. The third-order valence-electron chi connectivity index (χ3n) is 3.80. The van der Waals surface area contributed by atoms with E-state index >= 15 is 0 Å². The van der Waals surface area contributed by atoms with Crippen LogP contribution < -0.4 is 5.32 Å². The van der Waals surface area contributed by atoms with Gasteiger partial charge in [-0.05, 0) is 36.0 Å². The largest absolute Gasteiger partial charge is 0.385 e. The minimum Gasteiger partial charge on any atom is -0.385 e. The number of rotatable bonds is 5. The van der Waals surface area contributed by atoms with Crippen molar-refractivity contribution in [3.05, 3.63) is 48.6 Å². The van der Waals surface area contributed by atoms with Crippen molar-refractivity contribution in [2.75, 3.05) is 6.54 Å². The monoisotopic (exact) mass is 241 g/mol. The second-order valence-electron chi connectivity index (χ2n) is 5.19. The molecule has 1 fully saturated rings. The van der Waals surface area contributed by atoms with Gasteiger partial charge in [-0.3, -0.25) is 0 Å². The number of hydrogen-bond acceptors (Lipinski definition) is 1. The van der Waals surface area contributed by atoms with Gasteiger partial charge in [0.1, 0.15) is 0 Å². The number of benzene rings is 1. The van der Waals surface area contributed by atoms with Crippen molar-refractivity contribution >= 4 is 11.8 Å². The van der Waals surface area contributed by atoms with Crippen LogP contribution in [0.3, 0.4) is 0 Å². The molecule has 1 nitrogen and oxygen atoms in total. The lowest BCUT2D eigenvalue weighted by Gasteiger charge is -2.23. The van der Waals surface area contributed by atoms with Gasteiger partial charge >= 0.3 is 0 Å². The first kappa shape index (κ1) is 12.9. The lowest BCUT2D eigenvalue weighted by atomic mass is 9.89. The molecule has 1 aromatic rings. The molecule has 1 N–H and O–H groups in total. The fourth-order valence-corrected chi connectivity index (χ4v) is 2.61. The van der Waals surface area contributed by atoms with E-state index in [0.717, 1.165) is 23.7 Å². The van der Waals surface area contributed by atoms with Gasteiger partial charge in [0.05, 0.1) is 0 Å². The molecule has 0 aromatic heterocycles. The fourth-order valence-electron chi connectivity index (χ4n) is 2.61. The van der Waals surface area contributed by atoms with Gasteiger partial charge in [-0.15, -0.1) is 0 Å². The molecular formula is C17H23N. The van der Waals surface area contributed by atoms with Crippen LogP contribution in [-0.2, 0) is 0 Å². The predicted molar refractivity (Wildman–Crippen MR) is 80.1 cm³/mol. The molecule has 1 aliphatic rings.